The molecule has 0 saturated carbocycles. The van der Waals surface area contributed by atoms with Crippen LogP contribution in [0, 0.1) is 0 Å². The third-order valence-electron chi connectivity index (χ3n) is 10.2. The summed E-state index contributed by atoms with van der Waals surface area (Å²) in [7, 11) is -2.68. The zero-order chi connectivity index (χ0) is 29.0. The highest BCUT2D eigenvalue weighted by atomic mass is 28.4. The lowest BCUT2D eigenvalue weighted by atomic mass is 10.00. The Morgan fingerprint density at radius 1 is 0.342 bits per heavy atom. The molecule has 2 heteroatoms. The van der Waals surface area contributed by atoms with Gasteiger partial charge in [0.2, 0.25) is 8.32 Å². The van der Waals surface area contributed by atoms with Gasteiger partial charge in [0.1, 0.15) is 0 Å². The molecule has 0 aromatic rings. The molecule has 1 N–H and O–H groups in total. The lowest BCUT2D eigenvalue weighted by molar-refractivity contribution is 0.301. The van der Waals surface area contributed by atoms with Gasteiger partial charge in [0.15, 0.2) is 0 Å². The van der Waals surface area contributed by atoms with Gasteiger partial charge in [0.25, 0.3) is 0 Å². The molecule has 0 spiro atoms. The third kappa shape index (κ3) is 13.7. The third-order valence-corrected chi connectivity index (χ3v) is 16.8. The summed E-state index contributed by atoms with van der Waals surface area (Å²) in [6.45, 7) is 21.7. The van der Waals surface area contributed by atoms with E-state index in [1.165, 1.54) is 154 Å². The van der Waals surface area contributed by atoms with Gasteiger partial charge in [-0.05, 0) is 34.4 Å². The Bertz CT molecular complexity index is 461. The van der Waals surface area contributed by atoms with E-state index in [2.05, 4.69) is 62.3 Å². The number of unbranched alkanes of at least 4 members (excludes halogenated alkanes) is 18. The smallest absolute Gasteiger partial charge is 0.205 e. The van der Waals surface area contributed by atoms with Crippen molar-refractivity contribution >= 4 is 8.32 Å². The highest BCUT2D eigenvalue weighted by molar-refractivity contribution is 6.81. The fraction of sp³-hybridized carbons (Fsp3) is 1.00. The SMILES string of the molecule is CCCCCCCCCC(C)(C)[Si](O)(C(C)(C)CCCCCCCCC)C(C)(C)CCCCCCCCC. The normalized spacial score (nSPS) is 13.4. The summed E-state index contributed by atoms with van der Waals surface area (Å²) in [6, 6.07) is 0. The number of rotatable bonds is 27. The minimum absolute atomic E-state index is 0.0473. The Morgan fingerprint density at radius 2 is 0.526 bits per heavy atom. The molecule has 0 aliphatic carbocycles. The van der Waals surface area contributed by atoms with Gasteiger partial charge >= 0.3 is 0 Å². The maximum Gasteiger partial charge on any atom is 0.205 e. The van der Waals surface area contributed by atoms with E-state index in [1.54, 1.807) is 0 Å². The molecule has 0 bridgehead atoms. The molecular weight excluding hydrogens is 476 g/mol. The quantitative estimate of drug-likeness (QED) is 0.0793. The van der Waals surface area contributed by atoms with Gasteiger partial charge < -0.3 is 4.80 Å². The van der Waals surface area contributed by atoms with Crippen LogP contribution in [-0.2, 0) is 0 Å². The first-order chi connectivity index (χ1) is 17.9. The molecule has 38 heavy (non-hydrogen) atoms. The summed E-state index contributed by atoms with van der Waals surface area (Å²) in [6.07, 6.45) is 32.1. The van der Waals surface area contributed by atoms with E-state index < -0.39 is 8.32 Å². The molecule has 0 fully saturated rings. The average Bonchev–Trinajstić information content (AvgIpc) is 2.86. The van der Waals surface area contributed by atoms with Gasteiger partial charge in [-0.15, -0.1) is 0 Å². The van der Waals surface area contributed by atoms with Crippen LogP contribution in [0.3, 0.4) is 0 Å². The van der Waals surface area contributed by atoms with E-state index in [9.17, 15) is 4.80 Å². The summed E-state index contributed by atoms with van der Waals surface area (Å²) < 4.78 is 0. The molecule has 0 aromatic carbocycles. The average molecular weight is 553 g/mol. The summed E-state index contributed by atoms with van der Waals surface area (Å²) in [5.41, 5.74) is 0. The van der Waals surface area contributed by atoms with E-state index >= 15 is 0 Å². The number of hydrogen-bond acceptors (Lipinski definition) is 1. The molecule has 0 saturated heterocycles. The largest absolute Gasteiger partial charge is 0.430 e. The lowest BCUT2D eigenvalue weighted by Crippen LogP contribution is -2.61. The van der Waals surface area contributed by atoms with Crippen molar-refractivity contribution in [2.75, 3.05) is 0 Å². The van der Waals surface area contributed by atoms with Crippen LogP contribution in [-0.4, -0.2) is 13.1 Å². The summed E-state index contributed by atoms with van der Waals surface area (Å²) in [5.74, 6) is 0. The van der Waals surface area contributed by atoms with Crippen LogP contribution < -0.4 is 0 Å². The zero-order valence-corrected chi connectivity index (χ0v) is 29.4. The predicted molar refractivity (Wildman–Crippen MR) is 178 cm³/mol. The first-order valence-corrected chi connectivity index (χ1v) is 19.6. The van der Waals surface area contributed by atoms with E-state index in [0.717, 1.165) is 0 Å². The van der Waals surface area contributed by atoms with Crippen LogP contribution in [0.5, 0.6) is 0 Å². The van der Waals surface area contributed by atoms with Gasteiger partial charge in [-0.25, -0.2) is 0 Å². The van der Waals surface area contributed by atoms with Gasteiger partial charge in [0, 0.05) is 0 Å². The molecule has 0 rings (SSSR count). The first kappa shape index (κ1) is 38.2. The van der Waals surface area contributed by atoms with Crippen molar-refractivity contribution in [2.45, 2.75) is 232 Å². The van der Waals surface area contributed by atoms with Crippen molar-refractivity contribution in [3.05, 3.63) is 0 Å². The fourth-order valence-electron chi connectivity index (χ4n) is 7.86. The second-order valence-electron chi connectivity index (χ2n) is 15.0. The van der Waals surface area contributed by atoms with Crippen molar-refractivity contribution in [1.82, 2.24) is 0 Å². The Kier molecular flexibility index (Phi) is 21.1. The minimum atomic E-state index is -2.68. The van der Waals surface area contributed by atoms with Crippen molar-refractivity contribution in [1.29, 1.82) is 0 Å². The van der Waals surface area contributed by atoms with E-state index in [1.807, 2.05) is 0 Å². The van der Waals surface area contributed by atoms with Crippen LogP contribution in [0.4, 0.5) is 0 Å². The van der Waals surface area contributed by atoms with Gasteiger partial charge in [0.05, 0.1) is 0 Å². The van der Waals surface area contributed by atoms with Crippen molar-refractivity contribution in [3.63, 3.8) is 0 Å². The topological polar surface area (TPSA) is 20.2 Å². The Morgan fingerprint density at radius 3 is 0.737 bits per heavy atom. The first-order valence-electron chi connectivity index (χ1n) is 17.7. The van der Waals surface area contributed by atoms with Crippen LogP contribution in [0.2, 0.25) is 15.1 Å². The van der Waals surface area contributed by atoms with E-state index in [0.29, 0.717) is 0 Å². The van der Waals surface area contributed by atoms with Gasteiger partial charge in [-0.2, -0.15) is 0 Å². The molecule has 0 heterocycles. The molecule has 0 aromatic heterocycles. The summed E-state index contributed by atoms with van der Waals surface area (Å²) in [4.78, 5) is 13.2. The second-order valence-corrected chi connectivity index (χ2v) is 20.5. The molecular formula is C36H76OSi. The van der Waals surface area contributed by atoms with Crippen LogP contribution in [0.15, 0.2) is 0 Å². The predicted octanol–water partition coefficient (Wildman–Crippen LogP) is 13.7. The molecule has 0 unspecified atom stereocenters. The molecule has 0 amide bonds. The summed E-state index contributed by atoms with van der Waals surface area (Å²) in [5, 5.41) is 0.142. The molecule has 0 aliphatic rings. The summed E-state index contributed by atoms with van der Waals surface area (Å²) >= 11 is 0. The van der Waals surface area contributed by atoms with Gasteiger partial charge in [-0.3, -0.25) is 0 Å². The Hall–Kier alpha value is 0.177. The maximum atomic E-state index is 13.2. The standard InChI is InChI=1S/C36H76OSi/c1-10-13-16-19-22-25-28-31-34(4,5)38(37,35(6,7)32-29-26-23-20-17-14-11-2)36(8,9)33-30-27-24-21-18-15-12-3/h37H,10-33H2,1-9H3. The second kappa shape index (κ2) is 21.0. The van der Waals surface area contributed by atoms with Crippen molar-refractivity contribution in [2.24, 2.45) is 0 Å². The Balaban J connectivity index is 5.33. The maximum absolute atomic E-state index is 13.2. The Labute approximate surface area is 244 Å². The molecule has 1 nitrogen and oxygen atoms in total. The molecule has 0 aliphatic heterocycles. The van der Waals surface area contributed by atoms with Crippen LogP contribution in [0.1, 0.15) is 216 Å². The lowest BCUT2D eigenvalue weighted by Gasteiger charge is -2.58. The van der Waals surface area contributed by atoms with Crippen LogP contribution >= 0.6 is 0 Å². The highest BCUT2D eigenvalue weighted by Crippen LogP contribution is 2.65. The van der Waals surface area contributed by atoms with Crippen molar-refractivity contribution < 1.29 is 4.80 Å². The fourth-order valence-corrected chi connectivity index (χ4v) is 15.0. The monoisotopic (exact) mass is 553 g/mol. The van der Waals surface area contributed by atoms with Gasteiger partial charge in [-0.1, -0.05) is 197 Å². The zero-order valence-electron chi connectivity index (χ0n) is 28.4. The van der Waals surface area contributed by atoms with Crippen molar-refractivity contribution in [3.8, 4) is 0 Å². The molecule has 230 valence electrons. The number of hydrogen-bond donors (Lipinski definition) is 1. The molecule has 0 radical (unpaired) electrons. The molecule has 0 atom stereocenters. The minimum Gasteiger partial charge on any atom is -0.430 e. The van der Waals surface area contributed by atoms with Crippen LogP contribution in [0.25, 0.3) is 0 Å². The highest BCUT2D eigenvalue weighted by Gasteiger charge is 2.63. The van der Waals surface area contributed by atoms with E-state index in [4.69, 9.17) is 0 Å². The van der Waals surface area contributed by atoms with E-state index in [-0.39, 0.29) is 15.1 Å².